The summed E-state index contributed by atoms with van der Waals surface area (Å²) in [5.41, 5.74) is 7.69. The number of hydrogen-bond acceptors (Lipinski definition) is 5. The normalized spacial score (nSPS) is 24.1. The number of Topliss-reactive ketones (excluding diaryl/α,β-unsaturated/α-hetero) is 2. The molecule has 0 aliphatic heterocycles. The van der Waals surface area contributed by atoms with Crippen molar-refractivity contribution in [2.75, 3.05) is 0 Å². The third kappa shape index (κ3) is 1.68. The molecule has 10 rings (SSSR count). The summed E-state index contributed by atoms with van der Waals surface area (Å²) in [6.45, 7) is 4.20. The maximum Gasteiger partial charge on any atom is 0.210 e. The smallest absolute Gasteiger partial charge is 0.210 e. The quantitative estimate of drug-likeness (QED) is 0.333. The maximum atomic E-state index is 13.2. The van der Waals surface area contributed by atoms with Gasteiger partial charge in [-0.3, -0.25) is 9.59 Å². The van der Waals surface area contributed by atoms with Crippen LogP contribution in [0.15, 0.2) is 66.4 Å². The molecule has 4 aromatic rings. The number of carbonyl (C=O) groups is 2. The number of carbonyl (C=O) groups excluding carboxylic acids is 2. The van der Waals surface area contributed by atoms with Gasteiger partial charge in [-0.25, -0.2) is 0 Å². The van der Waals surface area contributed by atoms with Crippen LogP contribution >= 0.6 is 22.7 Å². The fourth-order valence-corrected chi connectivity index (χ4v) is 9.42. The topological polar surface area (TPSA) is 54.4 Å². The van der Waals surface area contributed by atoms with Crippen LogP contribution in [0.2, 0.25) is 0 Å². The number of fused-ring (bicyclic) bond motifs is 3. The number of allylic oxidation sites excluding steroid dienone is 2. The van der Waals surface area contributed by atoms with Crippen molar-refractivity contribution in [3.8, 4) is 0 Å². The van der Waals surface area contributed by atoms with Gasteiger partial charge >= 0.3 is 0 Å². The molecule has 5 heteroatoms. The number of hydrogen-bond donors (Lipinski definition) is 1. The highest BCUT2D eigenvalue weighted by Gasteiger charge is 2.50. The van der Waals surface area contributed by atoms with Crippen molar-refractivity contribution in [2.24, 2.45) is 0 Å². The van der Waals surface area contributed by atoms with E-state index in [4.69, 9.17) is 0 Å². The van der Waals surface area contributed by atoms with Crippen LogP contribution < -0.4 is 0 Å². The highest BCUT2D eigenvalue weighted by Crippen LogP contribution is 2.63. The van der Waals surface area contributed by atoms with Crippen molar-refractivity contribution < 1.29 is 14.7 Å². The summed E-state index contributed by atoms with van der Waals surface area (Å²) in [6, 6.07) is 16.1. The molecule has 2 aromatic heterocycles. The van der Waals surface area contributed by atoms with Crippen LogP contribution in [0.1, 0.15) is 60.9 Å². The van der Waals surface area contributed by atoms with Gasteiger partial charge in [-0.1, -0.05) is 55.1 Å². The Bertz CT molecular complexity index is 1660. The Labute approximate surface area is 191 Å². The van der Waals surface area contributed by atoms with Gasteiger partial charge in [-0.15, -0.1) is 22.7 Å². The predicted molar refractivity (Wildman–Crippen MR) is 126 cm³/mol. The van der Waals surface area contributed by atoms with E-state index in [0.29, 0.717) is 11.1 Å². The minimum atomic E-state index is -0.447. The van der Waals surface area contributed by atoms with Crippen molar-refractivity contribution in [1.82, 2.24) is 0 Å². The fourth-order valence-electron chi connectivity index (χ4n) is 6.21. The van der Waals surface area contributed by atoms with Crippen LogP contribution in [0, 0.1) is 0 Å². The molecule has 0 radical (unpaired) electrons. The molecule has 0 amide bonds. The molecule has 0 saturated carbocycles. The average Bonchev–Trinajstić information content (AvgIpc) is 3.35. The molecule has 6 aliphatic rings. The number of thiophene rings is 2. The molecular weight excluding hydrogens is 436 g/mol. The molecule has 0 saturated heterocycles. The van der Waals surface area contributed by atoms with Crippen LogP contribution in [0.4, 0.5) is 0 Å². The van der Waals surface area contributed by atoms with Crippen molar-refractivity contribution in [3.05, 3.63) is 110 Å². The molecule has 3 unspecified atom stereocenters. The molecular formula is C27H14O3S2. The van der Waals surface area contributed by atoms with Gasteiger partial charge in [0, 0.05) is 32.4 Å². The van der Waals surface area contributed by atoms with Gasteiger partial charge in [0.2, 0.25) is 5.78 Å². The van der Waals surface area contributed by atoms with Gasteiger partial charge in [0.1, 0.15) is 0 Å². The summed E-state index contributed by atoms with van der Waals surface area (Å²) in [5.74, 6) is -1.09. The Morgan fingerprint density at radius 2 is 1.38 bits per heavy atom. The van der Waals surface area contributed by atoms with E-state index < -0.39 is 5.92 Å². The van der Waals surface area contributed by atoms with E-state index in [1.165, 1.54) is 11.1 Å². The lowest BCUT2D eigenvalue weighted by molar-refractivity contribution is -0.119. The predicted octanol–water partition coefficient (Wildman–Crippen LogP) is 6.02. The van der Waals surface area contributed by atoms with E-state index in [1.807, 2.05) is 36.4 Å². The lowest BCUT2D eigenvalue weighted by Gasteiger charge is -2.38. The Kier molecular flexibility index (Phi) is 2.90. The zero-order valence-electron chi connectivity index (χ0n) is 16.6. The first-order valence-electron chi connectivity index (χ1n) is 10.6. The van der Waals surface area contributed by atoms with Crippen molar-refractivity contribution >= 4 is 49.2 Å². The highest BCUT2D eigenvalue weighted by atomic mass is 32.1. The number of benzene rings is 2. The van der Waals surface area contributed by atoms with Gasteiger partial charge < -0.3 is 5.11 Å². The molecule has 0 spiro atoms. The fraction of sp³-hybridized carbons (Fsp3) is 0.111. The van der Waals surface area contributed by atoms with Crippen LogP contribution in [0.25, 0.3) is 15.0 Å². The van der Waals surface area contributed by atoms with E-state index in [2.05, 4.69) is 18.7 Å². The largest absolute Gasteiger partial charge is 0.504 e. The van der Waals surface area contributed by atoms with E-state index in [-0.39, 0.29) is 29.2 Å². The second kappa shape index (κ2) is 5.37. The molecule has 0 fully saturated rings. The Morgan fingerprint density at radius 3 is 2.16 bits per heavy atom. The number of aliphatic hydroxyl groups excluding tert-OH is 1. The molecule has 1 N–H and O–H groups in total. The van der Waals surface area contributed by atoms with Crippen LogP contribution in [-0.2, 0) is 9.59 Å². The summed E-state index contributed by atoms with van der Waals surface area (Å²) in [6.07, 6.45) is 0. The van der Waals surface area contributed by atoms with Crippen LogP contribution in [0.5, 0.6) is 0 Å². The minimum Gasteiger partial charge on any atom is -0.504 e. The minimum absolute atomic E-state index is 0.119. The zero-order chi connectivity index (χ0) is 21.5. The van der Waals surface area contributed by atoms with Gasteiger partial charge in [0.25, 0.3) is 0 Å². The summed E-state index contributed by atoms with van der Waals surface area (Å²) in [4.78, 5) is 28.4. The number of aliphatic hydroxyl groups is 1. The summed E-state index contributed by atoms with van der Waals surface area (Å²) >= 11 is 3.33. The standard InChI is InChI=1S/C27H14O3S2/c1-10-15-11-6-2-4-8-13(11)17(21(10)28)24-19(15)26-27(31-24)20-16-12-7-3-5-9-14(12)18(25(20)32-26)23(30)22(16)29/h2-9,15,17-18,29H,1H2. The third-order valence-electron chi connectivity index (χ3n) is 7.50. The first-order chi connectivity index (χ1) is 15.6. The van der Waals surface area contributed by atoms with Gasteiger partial charge in [0.05, 0.1) is 21.2 Å². The number of ketones is 2. The Hall–Kier alpha value is -3.28. The van der Waals surface area contributed by atoms with Gasteiger partial charge in [-0.05, 0) is 27.8 Å². The van der Waals surface area contributed by atoms with Crippen molar-refractivity contribution in [2.45, 2.75) is 17.8 Å². The van der Waals surface area contributed by atoms with Crippen LogP contribution in [0.3, 0.4) is 0 Å². The molecule has 2 heterocycles. The van der Waals surface area contributed by atoms with Crippen molar-refractivity contribution in [1.29, 1.82) is 0 Å². The summed E-state index contributed by atoms with van der Waals surface area (Å²) in [7, 11) is 0. The maximum absolute atomic E-state index is 13.2. The number of rotatable bonds is 0. The molecule has 152 valence electrons. The molecule has 3 nitrogen and oxygen atoms in total. The molecule has 3 atom stereocenters. The van der Waals surface area contributed by atoms with E-state index in [0.717, 1.165) is 41.4 Å². The summed E-state index contributed by atoms with van der Waals surface area (Å²) in [5, 5.41) is 10.9. The zero-order valence-corrected chi connectivity index (χ0v) is 18.3. The first kappa shape index (κ1) is 17.3. The monoisotopic (exact) mass is 450 g/mol. The first-order valence-corrected chi connectivity index (χ1v) is 12.2. The van der Waals surface area contributed by atoms with Gasteiger partial charge in [-0.2, -0.15) is 0 Å². The molecule has 32 heavy (non-hydrogen) atoms. The SMILES string of the molecule is C=C1C(=O)C2c3ccccc3C1c1c2sc2c3c(sc12)C1C(=O)C(O)=C3c2ccccc21. The van der Waals surface area contributed by atoms with Crippen molar-refractivity contribution in [3.63, 3.8) is 0 Å². The van der Waals surface area contributed by atoms with E-state index >= 15 is 0 Å². The molecule has 4 bridgehead atoms. The van der Waals surface area contributed by atoms with E-state index in [1.54, 1.807) is 22.7 Å². The Balaban J connectivity index is 1.49. The Morgan fingerprint density at radius 1 is 0.750 bits per heavy atom. The molecule has 6 aliphatic carbocycles. The van der Waals surface area contributed by atoms with Crippen LogP contribution in [-0.4, -0.2) is 16.7 Å². The second-order valence-corrected chi connectivity index (χ2v) is 11.0. The average molecular weight is 451 g/mol. The highest BCUT2D eigenvalue weighted by molar-refractivity contribution is 7.29. The lowest BCUT2D eigenvalue weighted by Crippen LogP contribution is -2.33. The third-order valence-corrected chi connectivity index (χ3v) is 10.2. The lowest BCUT2D eigenvalue weighted by atomic mass is 9.64. The second-order valence-electron chi connectivity index (χ2n) is 8.87. The molecule has 2 aromatic carbocycles. The van der Waals surface area contributed by atoms with Gasteiger partial charge in [0.15, 0.2) is 11.5 Å². The van der Waals surface area contributed by atoms with E-state index in [9.17, 15) is 14.7 Å². The summed E-state index contributed by atoms with van der Waals surface area (Å²) < 4.78 is 2.24.